The van der Waals surface area contributed by atoms with Crippen molar-refractivity contribution in [2.45, 2.75) is 50.0 Å². The van der Waals surface area contributed by atoms with Crippen molar-refractivity contribution in [2.24, 2.45) is 5.92 Å². The van der Waals surface area contributed by atoms with Crippen LogP contribution >= 0.6 is 0 Å². The Morgan fingerprint density at radius 3 is 2.85 bits per heavy atom. The van der Waals surface area contributed by atoms with Crippen molar-refractivity contribution in [3.63, 3.8) is 0 Å². The van der Waals surface area contributed by atoms with Gasteiger partial charge >= 0.3 is 0 Å². The molecule has 2 aliphatic heterocycles. The maximum absolute atomic E-state index is 10.8. The highest BCUT2D eigenvalue weighted by molar-refractivity contribution is 5.59. The second-order valence-corrected chi connectivity index (χ2v) is 8.70. The summed E-state index contributed by atoms with van der Waals surface area (Å²) in [4.78, 5) is 2.66. The Balaban J connectivity index is 1.48. The quantitative estimate of drug-likeness (QED) is 0.835. The highest BCUT2D eigenvalue weighted by Crippen LogP contribution is 2.61. The molecule has 6 rings (SSSR count). The van der Waals surface area contributed by atoms with E-state index in [-0.39, 0.29) is 11.5 Å². The highest BCUT2D eigenvalue weighted by atomic mass is 16.5. The van der Waals surface area contributed by atoms with E-state index in [0.717, 1.165) is 31.7 Å². The van der Waals surface area contributed by atoms with Gasteiger partial charge in [0.05, 0.1) is 0 Å². The first-order chi connectivity index (χ1) is 13.2. The first-order valence-electron chi connectivity index (χ1n) is 10.1. The Hall–Kier alpha value is -2.10. The zero-order valence-electron chi connectivity index (χ0n) is 15.6. The van der Waals surface area contributed by atoms with Crippen LogP contribution in [0.3, 0.4) is 0 Å². The molecule has 2 bridgehead atoms. The van der Waals surface area contributed by atoms with Gasteiger partial charge in [-0.05, 0) is 43.0 Å². The van der Waals surface area contributed by atoms with E-state index in [2.05, 4.69) is 60.4 Å². The smallest absolute Gasteiger partial charge is 0.138 e. The number of hydrogen-bond donors (Lipinski definition) is 1. The minimum absolute atomic E-state index is 0.0546. The van der Waals surface area contributed by atoms with E-state index < -0.39 is 6.10 Å². The van der Waals surface area contributed by atoms with Gasteiger partial charge in [0.1, 0.15) is 18.0 Å². The first kappa shape index (κ1) is 15.9. The van der Waals surface area contributed by atoms with E-state index >= 15 is 0 Å². The molecule has 3 nitrogen and oxygen atoms in total. The Morgan fingerprint density at radius 1 is 1.15 bits per heavy atom. The zero-order chi connectivity index (χ0) is 18.2. The molecular formula is C24H25NO2. The second kappa shape index (κ2) is 5.46. The van der Waals surface area contributed by atoms with Crippen molar-refractivity contribution in [2.75, 3.05) is 6.54 Å². The molecule has 1 saturated heterocycles. The summed E-state index contributed by atoms with van der Waals surface area (Å²) >= 11 is 0. The molecule has 138 valence electrons. The fourth-order valence-corrected chi connectivity index (χ4v) is 6.29. The van der Waals surface area contributed by atoms with Gasteiger partial charge in [-0.2, -0.15) is 0 Å². The van der Waals surface area contributed by atoms with E-state index in [4.69, 9.17) is 4.74 Å². The van der Waals surface area contributed by atoms with Crippen LogP contribution in [0.5, 0.6) is 5.75 Å². The van der Waals surface area contributed by atoms with Crippen LogP contribution < -0.4 is 4.74 Å². The lowest BCUT2D eigenvalue weighted by Gasteiger charge is -2.57. The fourth-order valence-electron chi connectivity index (χ4n) is 6.29. The monoisotopic (exact) mass is 359 g/mol. The Kier molecular flexibility index (Phi) is 3.22. The first-order valence-corrected chi connectivity index (χ1v) is 10.1. The number of nitrogens with zero attached hydrogens (tertiary/aromatic N) is 1. The molecule has 1 spiro atoms. The number of rotatable bonds is 2. The second-order valence-electron chi connectivity index (χ2n) is 8.70. The van der Waals surface area contributed by atoms with Crippen molar-refractivity contribution in [1.29, 1.82) is 0 Å². The average Bonchev–Trinajstić information content (AvgIpc) is 3.04. The average molecular weight is 359 g/mol. The van der Waals surface area contributed by atoms with Gasteiger partial charge in [0.2, 0.25) is 0 Å². The number of aliphatic hydroxyl groups is 1. The summed E-state index contributed by atoms with van der Waals surface area (Å²) in [6, 6.07) is 15.8. The van der Waals surface area contributed by atoms with Gasteiger partial charge in [-0.3, -0.25) is 4.90 Å². The Morgan fingerprint density at radius 2 is 2.00 bits per heavy atom. The number of aryl methyl sites for hydroxylation is 1. The standard InChI is InChI=1S/C24H25NO2/c1-15-7-8-17-13-19-18-9-10-20(26)23-24(18,21(17)22(15)27-23)11-12-25(19)14-16-5-3-2-4-6-16/h2-10,18-20,23,26H,11-14H2,1H3/t18-,19+,20-,23-,24-/m0/s1. The molecule has 0 saturated carbocycles. The predicted octanol–water partition coefficient (Wildman–Crippen LogP) is 3.37. The topological polar surface area (TPSA) is 32.7 Å². The third-order valence-electron chi connectivity index (χ3n) is 7.43. The summed E-state index contributed by atoms with van der Waals surface area (Å²) in [5, 5.41) is 10.8. The maximum atomic E-state index is 10.8. The minimum atomic E-state index is -0.514. The number of piperidine rings is 1. The lowest BCUT2D eigenvalue weighted by atomic mass is 9.53. The van der Waals surface area contributed by atoms with Crippen LogP contribution in [-0.4, -0.2) is 34.8 Å². The summed E-state index contributed by atoms with van der Waals surface area (Å²) in [7, 11) is 0. The van der Waals surface area contributed by atoms with Crippen LogP contribution in [0.25, 0.3) is 0 Å². The number of likely N-dealkylation sites (tertiary alicyclic amines) is 1. The molecule has 2 aromatic carbocycles. The number of hydrogen-bond acceptors (Lipinski definition) is 3. The Bertz CT molecular complexity index is 937. The van der Waals surface area contributed by atoms with E-state index in [0.29, 0.717) is 12.0 Å². The van der Waals surface area contributed by atoms with Crippen LogP contribution in [0.4, 0.5) is 0 Å². The third kappa shape index (κ3) is 1.99. The van der Waals surface area contributed by atoms with Crippen molar-refractivity contribution >= 4 is 0 Å². The van der Waals surface area contributed by atoms with Gasteiger partial charge in [0.15, 0.2) is 0 Å². The summed E-state index contributed by atoms with van der Waals surface area (Å²) in [5.41, 5.74) is 5.37. The molecule has 0 amide bonds. The van der Waals surface area contributed by atoms with Gasteiger partial charge in [0.25, 0.3) is 0 Å². The van der Waals surface area contributed by atoms with Gasteiger partial charge < -0.3 is 9.84 Å². The predicted molar refractivity (Wildman–Crippen MR) is 105 cm³/mol. The number of benzene rings is 2. The van der Waals surface area contributed by atoms with Crippen LogP contribution in [0.1, 0.15) is 28.7 Å². The zero-order valence-corrected chi connectivity index (χ0v) is 15.6. The molecule has 0 unspecified atom stereocenters. The molecule has 5 atom stereocenters. The fraction of sp³-hybridized carbons (Fsp3) is 0.417. The normalized spacial score (nSPS) is 35.6. The molecule has 1 fully saturated rings. The summed E-state index contributed by atoms with van der Waals surface area (Å²) in [6.45, 7) is 4.19. The molecule has 3 heteroatoms. The van der Waals surface area contributed by atoms with Crippen molar-refractivity contribution in [3.05, 3.63) is 76.9 Å². The van der Waals surface area contributed by atoms with Gasteiger partial charge in [-0.1, -0.05) is 54.6 Å². The molecule has 27 heavy (non-hydrogen) atoms. The molecule has 2 aromatic rings. The van der Waals surface area contributed by atoms with E-state index in [1.165, 1.54) is 22.3 Å². The van der Waals surface area contributed by atoms with Crippen molar-refractivity contribution in [1.82, 2.24) is 4.90 Å². The largest absolute Gasteiger partial charge is 0.486 e. The highest BCUT2D eigenvalue weighted by Gasteiger charge is 2.64. The molecule has 2 heterocycles. The molecule has 4 aliphatic rings. The molecular weight excluding hydrogens is 334 g/mol. The third-order valence-corrected chi connectivity index (χ3v) is 7.43. The number of ether oxygens (including phenoxy) is 1. The summed E-state index contributed by atoms with van der Waals surface area (Å²) in [6.07, 6.45) is 5.75. The van der Waals surface area contributed by atoms with Crippen molar-refractivity contribution in [3.8, 4) is 5.75 Å². The minimum Gasteiger partial charge on any atom is -0.486 e. The van der Waals surface area contributed by atoms with Crippen molar-refractivity contribution < 1.29 is 9.84 Å². The van der Waals surface area contributed by atoms with Crippen LogP contribution in [0.15, 0.2) is 54.6 Å². The molecule has 0 radical (unpaired) electrons. The number of aliphatic hydroxyl groups excluding tert-OH is 1. The Labute approximate surface area is 160 Å². The molecule has 2 aliphatic carbocycles. The SMILES string of the molecule is Cc1ccc2c3c1O[C@H]1[C@@H](O)C=C[C@H]4[C@@H](C2)N(Cc2ccccc2)CC[C@@]341. The lowest BCUT2D eigenvalue weighted by molar-refractivity contribution is -0.0536. The van der Waals surface area contributed by atoms with E-state index in [1.807, 2.05) is 6.08 Å². The van der Waals surface area contributed by atoms with Crippen LogP contribution in [0, 0.1) is 12.8 Å². The van der Waals surface area contributed by atoms with Gasteiger partial charge in [-0.25, -0.2) is 0 Å². The van der Waals surface area contributed by atoms with E-state index in [1.54, 1.807) is 0 Å². The maximum Gasteiger partial charge on any atom is 0.138 e. The van der Waals surface area contributed by atoms with Crippen LogP contribution in [0.2, 0.25) is 0 Å². The molecule has 0 aromatic heterocycles. The van der Waals surface area contributed by atoms with E-state index in [9.17, 15) is 5.11 Å². The van der Waals surface area contributed by atoms with Gasteiger partial charge in [-0.15, -0.1) is 0 Å². The molecule has 1 N–H and O–H groups in total. The lowest BCUT2D eigenvalue weighted by Crippen LogP contribution is -2.65. The van der Waals surface area contributed by atoms with Gasteiger partial charge in [0, 0.05) is 29.5 Å². The summed E-state index contributed by atoms with van der Waals surface area (Å²) in [5.74, 6) is 1.47. The van der Waals surface area contributed by atoms with Crippen LogP contribution in [-0.2, 0) is 18.4 Å². The summed E-state index contributed by atoms with van der Waals surface area (Å²) < 4.78 is 6.46.